The van der Waals surface area contributed by atoms with Gasteiger partial charge in [0.05, 0.1) is 15.5 Å². The number of nitro groups is 1. The molecule has 0 saturated carbocycles. The predicted octanol–water partition coefficient (Wildman–Crippen LogP) is 5.00. The minimum absolute atomic E-state index is 0.0560. The highest BCUT2D eigenvalue weighted by atomic mass is 35.5. The average Bonchev–Trinajstić information content (AvgIpc) is 2.52. The number of anilines is 1. The molecule has 2 rings (SSSR count). The Hall–Kier alpha value is -3.04. The molecule has 0 atom stereocenters. The lowest BCUT2D eigenvalue weighted by Gasteiger charge is -2.19. The molecule has 0 aliphatic carbocycles. The smallest absolute Gasteiger partial charge is 0.412 e. The number of nitro benzene ring substituents is 1. The van der Waals surface area contributed by atoms with Gasteiger partial charge in [0.2, 0.25) is 0 Å². The number of halogens is 1. The van der Waals surface area contributed by atoms with Gasteiger partial charge in [0.1, 0.15) is 11.3 Å². The fraction of sp³-hybridized carbons (Fsp3) is 0.211. The molecule has 7 heteroatoms. The molecule has 1 N–H and O–H groups in total. The van der Waals surface area contributed by atoms with Gasteiger partial charge in [-0.25, -0.2) is 4.79 Å². The van der Waals surface area contributed by atoms with E-state index in [9.17, 15) is 14.9 Å². The normalized spacial score (nSPS) is 10.5. The van der Waals surface area contributed by atoms with E-state index in [0.717, 1.165) is 5.56 Å². The number of nitrogens with zero attached hydrogens (tertiary/aromatic N) is 1. The Kier molecular flexibility index (Phi) is 5.86. The third kappa shape index (κ3) is 5.50. The van der Waals surface area contributed by atoms with Gasteiger partial charge in [-0.15, -0.1) is 0 Å². The average molecular weight is 373 g/mol. The summed E-state index contributed by atoms with van der Waals surface area (Å²) in [4.78, 5) is 22.6. The molecule has 0 aliphatic rings. The molecule has 0 unspecified atom stereocenters. The quantitative estimate of drug-likeness (QED) is 0.457. The van der Waals surface area contributed by atoms with E-state index in [1.54, 1.807) is 20.8 Å². The minimum Gasteiger partial charge on any atom is -0.444 e. The first kappa shape index (κ1) is 19.3. The summed E-state index contributed by atoms with van der Waals surface area (Å²) in [6.45, 7) is 5.07. The maximum Gasteiger partial charge on any atom is 0.412 e. The molecule has 134 valence electrons. The van der Waals surface area contributed by atoms with Crippen LogP contribution in [0.3, 0.4) is 0 Å². The summed E-state index contributed by atoms with van der Waals surface area (Å²) in [5, 5.41) is 13.9. The Morgan fingerprint density at radius 3 is 2.42 bits per heavy atom. The van der Waals surface area contributed by atoms with Crippen LogP contribution >= 0.6 is 11.6 Å². The first-order chi connectivity index (χ1) is 12.2. The highest BCUT2D eigenvalue weighted by Crippen LogP contribution is 2.31. The zero-order valence-electron chi connectivity index (χ0n) is 14.5. The van der Waals surface area contributed by atoms with Crippen molar-refractivity contribution < 1.29 is 14.5 Å². The van der Waals surface area contributed by atoms with Crippen molar-refractivity contribution in [3.05, 3.63) is 68.7 Å². The van der Waals surface area contributed by atoms with Crippen LogP contribution in [-0.2, 0) is 4.74 Å². The lowest BCUT2D eigenvalue weighted by Crippen LogP contribution is -2.27. The second kappa shape index (κ2) is 7.89. The molecule has 1 amide bonds. The SMILES string of the molecule is CC(C)(C)OC(=O)Nc1cc(Cl)c(C#Cc2ccccc2)cc1[N+](=O)[O-]. The molecule has 26 heavy (non-hydrogen) atoms. The molecule has 2 aromatic rings. The van der Waals surface area contributed by atoms with Gasteiger partial charge < -0.3 is 4.74 Å². The monoisotopic (exact) mass is 372 g/mol. The lowest BCUT2D eigenvalue weighted by molar-refractivity contribution is -0.383. The van der Waals surface area contributed by atoms with E-state index in [0.29, 0.717) is 0 Å². The molecule has 2 aromatic carbocycles. The van der Waals surface area contributed by atoms with E-state index in [1.165, 1.54) is 12.1 Å². The molecule has 0 spiro atoms. The van der Waals surface area contributed by atoms with E-state index in [2.05, 4.69) is 17.2 Å². The van der Waals surface area contributed by atoms with E-state index >= 15 is 0 Å². The number of hydrogen-bond acceptors (Lipinski definition) is 4. The van der Waals surface area contributed by atoms with E-state index in [-0.39, 0.29) is 22.0 Å². The van der Waals surface area contributed by atoms with Crippen molar-refractivity contribution >= 4 is 29.1 Å². The van der Waals surface area contributed by atoms with Crippen molar-refractivity contribution in [2.75, 3.05) is 5.32 Å². The number of rotatable bonds is 2. The van der Waals surface area contributed by atoms with Gasteiger partial charge in [-0.3, -0.25) is 15.4 Å². The second-order valence-electron chi connectivity index (χ2n) is 6.35. The van der Waals surface area contributed by atoms with Crippen LogP contribution in [0.4, 0.5) is 16.2 Å². The van der Waals surface area contributed by atoms with Crippen molar-refractivity contribution in [2.24, 2.45) is 0 Å². The standard InChI is InChI=1S/C19H17ClN2O4/c1-19(2,3)26-18(23)21-16-12-15(20)14(11-17(16)22(24)25)10-9-13-7-5-4-6-8-13/h4-8,11-12H,1-3H3,(H,21,23). The zero-order valence-corrected chi connectivity index (χ0v) is 15.3. The molecule has 0 aromatic heterocycles. The predicted molar refractivity (Wildman–Crippen MR) is 100 cm³/mol. The van der Waals surface area contributed by atoms with Crippen LogP contribution in [-0.4, -0.2) is 16.6 Å². The number of nitrogens with one attached hydrogen (secondary N) is 1. The van der Waals surface area contributed by atoms with Gasteiger partial charge in [0.15, 0.2) is 0 Å². The molecule has 0 radical (unpaired) electrons. The molecule has 0 saturated heterocycles. The maximum absolute atomic E-state index is 11.9. The lowest BCUT2D eigenvalue weighted by atomic mass is 10.1. The number of ether oxygens (including phenoxy) is 1. The maximum atomic E-state index is 11.9. The second-order valence-corrected chi connectivity index (χ2v) is 6.76. The third-order valence-electron chi connectivity index (χ3n) is 3.03. The van der Waals surface area contributed by atoms with Crippen molar-refractivity contribution in [3.8, 4) is 11.8 Å². The van der Waals surface area contributed by atoms with Gasteiger partial charge in [0.25, 0.3) is 5.69 Å². The van der Waals surface area contributed by atoms with Crippen molar-refractivity contribution in [1.29, 1.82) is 0 Å². The van der Waals surface area contributed by atoms with Crippen molar-refractivity contribution in [1.82, 2.24) is 0 Å². The van der Waals surface area contributed by atoms with Crippen LogP contribution < -0.4 is 5.32 Å². The van der Waals surface area contributed by atoms with Gasteiger partial charge in [-0.1, -0.05) is 41.6 Å². The number of amides is 1. The van der Waals surface area contributed by atoms with Crippen molar-refractivity contribution in [2.45, 2.75) is 26.4 Å². The first-order valence-corrected chi connectivity index (χ1v) is 8.08. The number of carbonyl (C=O) groups excluding carboxylic acids is 1. The van der Waals surface area contributed by atoms with Gasteiger partial charge in [-0.05, 0) is 39.0 Å². The summed E-state index contributed by atoms with van der Waals surface area (Å²) >= 11 is 6.17. The van der Waals surface area contributed by atoms with Crippen LogP contribution in [0.15, 0.2) is 42.5 Å². The molecule has 0 heterocycles. The van der Waals surface area contributed by atoms with Crippen LogP contribution in [0.25, 0.3) is 0 Å². The summed E-state index contributed by atoms with van der Waals surface area (Å²) in [6, 6.07) is 11.7. The molecular weight excluding hydrogens is 356 g/mol. The minimum atomic E-state index is -0.806. The van der Waals surface area contributed by atoms with Crippen LogP contribution in [0, 0.1) is 22.0 Å². The summed E-state index contributed by atoms with van der Waals surface area (Å²) in [6.07, 6.45) is -0.806. The summed E-state index contributed by atoms with van der Waals surface area (Å²) in [7, 11) is 0. The third-order valence-corrected chi connectivity index (χ3v) is 3.35. The molecule has 0 aliphatic heterocycles. The highest BCUT2D eigenvalue weighted by Gasteiger charge is 2.22. The van der Waals surface area contributed by atoms with Crippen LogP contribution in [0.2, 0.25) is 5.02 Å². The Balaban J connectivity index is 2.35. The number of carbonyl (C=O) groups is 1. The topological polar surface area (TPSA) is 81.5 Å². The molecule has 0 fully saturated rings. The Morgan fingerprint density at radius 1 is 1.19 bits per heavy atom. The summed E-state index contributed by atoms with van der Waals surface area (Å²) in [5.74, 6) is 5.70. The van der Waals surface area contributed by atoms with E-state index in [1.807, 2.05) is 30.3 Å². The number of benzene rings is 2. The molecule has 0 bridgehead atoms. The Bertz CT molecular complexity index is 893. The zero-order chi connectivity index (χ0) is 19.3. The molecule has 6 nitrogen and oxygen atoms in total. The van der Waals surface area contributed by atoms with Gasteiger partial charge in [0, 0.05) is 11.6 Å². The van der Waals surface area contributed by atoms with Crippen LogP contribution in [0.5, 0.6) is 0 Å². The number of hydrogen-bond donors (Lipinski definition) is 1. The van der Waals surface area contributed by atoms with Gasteiger partial charge in [-0.2, -0.15) is 0 Å². The Morgan fingerprint density at radius 2 is 1.85 bits per heavy atom. The molecular formula is C19H17ClN2O4. The van der Waals surface area contributed by atoms with E-state index in [4.69, 9.17) is 16.3 Å². The first-order valence-electron chi connectivity index (χ1n) is 7.71. The Labute approximate surface area is 156 Å². The highest BCUT2D eigenvalue weighted by molar-refractivity contribution is 6.32. The fourth-order valence-corrected chi connectivity index (χ4v) is 2.19. The fourth-order valence-electron chi connectivity index (χ4n) is 1.98. The van der Waals surface area contributed by atoms with Crippen LogP contribution in [0.1, 0.15) is 31.9 Å². The summed E-state index contributed by atoms with van der Waals surface area (Å²) in [5.41, 5.74) is -0.0692. The summed E-state index contributed by atoms with van der Waals surface area (Å²) < 4.78 is 5.11. The largest absolute Gasteiger partial charge is 0.444 e. The van der Waals surface area contributed by atoms with E-state index < -0.39 is 16.6 Å². The van der Waals surface area contributed by atoms with Gasteiger partial charge >= 0.3 is 6.09 Å². The van der Waals surface area contributed by atoms with Crippen molar-refractivity contribution in [3.63, 3.8) is 0 Å².